The second kappa shape index (κ2) is 7.85. The Morgan fingerprint density at radius 3 is 2.67 bits per heavy atom. The molecule has 5 heteroatoms. The number of amides is 1. The van der Waals surface area contributed by atoms with Crippen molar-refractivity contribution in [1.29, 1.82) is 5.26 Å². The van der Waals surface area contributed by atoms with Gasteiger partial charge in [-0.15, -0.1) is 0 Å². The van der Waals surface area contributed by atoms with Gasteiger partial charge in [-0.25, -0.2) is 0 Å². The molecule has 0 aliphatic rings. The van der Waals surface area contributed by atoms with Crippen molar-refractivity contribution in [2.45, 2.75) is 20.0 Å². The van der Waals surface area contributed by atoms with Crippen LogP contribution >= 0.6 is 0 Å². The highest BCUT2D eigenvalue weighted by atomic mass is 16.5. The molecule has 0 bridgehead atoms. The molecule has 1 atom stereocenters. The van der Waals surface area contributed by atoms with E-state index in [1.165, 1.54) is 13.1 Å². The molecular weight excluding hydrogens is 268 g/mol. The van der Waals surface area contributed by atoms with Gasteiger partial charge in [0, 0.05) is 7.05 Å². The van der Waals surface area contributed by atoms with Crippen LogP contribution in [0.15, 0.2) is 30.3 Å². The number of ketones is 1. The highest BCUT2D eigenvalue weighted by molar-refractivity contribution is 6.10. The molecule has 110 valence electrons. The van der Waals surface area contributed by atoms with Crippen LogP contribution in [0, 0.1) is 17.2 Å². The van der Waals surface area contributed by atoms with Crippen molar-refractivity contribution < 1.29 is 14.3 Å². The number of nitrogens with zero attached hydrogens (tertiary/aromatic N) is 1. The fourth-order valence-corrected chi connectivity index (χ4v) is 1.63. The molecule has 1 rings (SSSR count). The van der Waals surface area contributed by atoms with Gasteiger partial charge in [-0.1, -0.05) is 18.2 Å². The van der Waals surface area contributed by atoms with Crippen molar-refractivity contribution in [3.05, 3.63) is 35.9 Å². The zero-order valence-corrected chi connectivity index (χ0v) is 12.3. The maximum absolute atomic E-state index is 11.8. The lowest BCUT2D eigenvalue weighted by atomic mass is 10.0. The average molecular weight is 286 g/mol. The molecular formula is C16H18N2O3. The topological polar surface area (TPSA) is 79.2 Å². The summed E-state index contributed by atoms with van der Waals surface area (Å²) in [6.45, 7) is 3.85. The van der Waals surface area contributed by atoms with Gasteiger partial charge in [-0.05, 0) is 37.6 Å². The van der Waals surface area contributed by atoms with Crippen LogP contribution in [0.2, 0.25) is 0 Å². The first kappa shape index (κ1) is 16.4. The molecule has 1 amide bonds. The Morgan fingerprint density at radius 1 is 1.38 bits per heavy atom. The molecule has 0 saturated heterocycles. The highest BCUT2D eigenvalue weighted by Gasteiger charge is 2.22. The van der Waals surface area contributed by atoms with E-state index in [2.05, 4.69) is 5.32 Å². The minimum absolute atomic E-state index is 0.0575. The third kappa shape index (κ3) is 5.11. The molecule has 0 radical (unpaired) electrons. The summed E-state index contributed by atoms with van der Waals surface area (Å²) in [6, 6.07) is 8.90. The normalized spacial score (nSPS) is 12.0. The molecule has 21 heavy (non-hydrogen) atoms. The summed E-state index contributed by atoms with van der Waals surface area (Å²) in [7, 11) is 1.39. The Kier molecular flexibility index (Phi) is 6.15. The van der Waals surface area contributed by atoms with Gasteiger partial charge >= 0.3 is 0 Å². The quantitative estimate of drug-likeness (QED) is 0.640. The number of carbonyl (C=O) groups excluding carboxylic acids is 2. The molecule has 0 fully saturated rings. The first-order valence-electron chi connectivity index (χ1n) is 6.57. The van der Waals surface area contributed by atoms with Crippen molar-refractivity contribution in [3.63, 3.8) is 0 Å². The van der Waals surface area contributed by atoms with Crippen LogP contribution in [0.3, 0.4) is 0 Å². The molecule has 5 nitrogen and oxygen atoms in total. The largest absolute Gasteiger partial charge is 0.491 e. The summed E-state index contributed by atoms with van der Waals surface area (Å²) in [5.41, 5.74) is 0.759. The van der Waals surface area contributed by atoms with E-state index in [0.29, 0.717) is 5.75 Å². The predicted molar refractivity (Wildman–Crippen MR) is 79.4 cm³/mol. The minimum Gasteiger partial charge on any atom is -0.491 e. The van der Waals surface area contributed by atoms with E-state index in [0.717, 1.165) is 5.56 Å². The standard InChI is InChI=1S/C16H18N2O3/c1-11(2)21-13-6-4-5-12(9-13)7-8-15(19)14(10-17)16(20)18-3/h4-9,11,14H,1-3H3,(H,18,20)/b8-7+/t14-/m0/s1. The zero-order chi connectivity index (χ0) is 15.8. The van der Waals surface area contributed by atoms with Crippen molar-refractivity contribution in [3.8, 4) is 11.8 Å². The number of carbonyl (C=O) groups is 2. The van der Waals surface area contributed by atoms with Gasteiger partial charge < -0.3 is 10.1 Å². The maximum atomic E-state index is 11.8. The van der Waals surface area contributed by atoms with Crippen LogP contribution < -0.4 is 10.1 Å². The molecule has 1 N–H and O–H groups in total. The third-order valence-corrected chi connectivity index (χ3v) is 2.59. The number of benzene rings is 1. The van der Waals surface area contributed by atoms with Crippen molar-refractivity contribution in [2.24, 2.45) is 5.92 Å². The van der Waals surface area contributed by atoms with Crippen LogP contribution in [-0.4, -0.2) is 24.8 Å². The van der Waals surface area contributed by atoms with Gasteiger partial charge in [0.05, 0.1) is 12.2 Å². The van der Waals surface area contributed by atoms with Gasteiger partial charge in [0.1, 0.15) is 5.75 Å². The number of rotatable bonds is 6. The summed E-state index contributed by atoms with van der Waals surface area (Å²) < 4.78 is 5.55. The van der Waals surface area contributed by atoms with E-state index >= 15 is 0 Å². The molecule has 0 unspecified atom stereocenters. The van der Waals surface area contributed by atoms with Gasteiger partial charge in [0.2, 0.25) is 5.91 Å². The Labute approximate surface area is 124 Å². The lowest BCUT2D eigenvalue weighted by Crippen LogP contribution is -2.31. The fraction of sp³-hybridized carbons (Fsp3) is 0.312. The van der Waals surface area contributed by atoms with E-state index < -0.39 is 17.6 Å². The van der Waals surface area contributed by atoms with Crippen molar-refractivity contribution in [2.75, 3.05) is 7.05 Å². The van der Waals surface area contributed by atoms with Crippen LogP contribution in [0.5, 0.6) is 5.75 Å². The molecule has 0 heterocycles. The zero-order valence-electron chi connectivity index (χ0n) is 12.3. The maximum Gasteiger partial charge on any atom is 0.245 e. The second-order valence-corrected chi connectivity index (χ2v) is 4.65. The number of allylic oxidation sites excluding steroid dienone is 1. The summed E-state index contributed by atoms with van der Waals surface area (Å²) in [6.07, 6.45) is 2.85. The van der Waals surface area contributed by atoms with E-state index in [-0.39, 0.29) is 6.10 Å². The molecule has 0 aromatic heterocycles. The number of hydrogen-bond donors (Lipinski definition) is 1. The Bertz CT molecular complexity index is 585. The first-order chi connectivity index (χ1) is 9.97. The highest BCUT2D eigenvalue weighted by Crippen LogP contribution is 2.16. The second-order valence-electron chi connectivity index (χ2n) is 4.65. The minimum atomic E-state index is -1.32. The average Bonchev–Trinajstić information content (AvgIpc) is 2.45. The van der Waals surface area contributed by atoms with Gasteiger partial charge in [-0.2, -0.15) is 5.26 Å². The number of nitriles is 1. The molecule has 0 aliphatic carbocycles. The van der Waals surface area contributed by atoms with Crippen LogP contribution in [-0.2, 0) is 9.59 Å². The predicted octanol–water partition coefficient (Wildman–Crippen LogP) is 1.94. The van der Waals surface area contributed by atoms with E-state index in [4.69, 9.17) is 10.00 Å². The first-order valence-corrected chi connectivity index (χ1v) is 6.57. The summed E-state index contributed by atoms with van der Waals surface area (Å²) in [5.74, 6) is -1.78. The molecule has 0 saturated carbocycles. The van der Waals surface area contributed by atoms with Gasteiger partial charge in [-0.3, -0.25) is 9.59 Å². The van der Waals surface area contributed by atoms with Crippen LogP contribution in [0.25, 0.3) is 6.08 Å². The third-order valence-electron chi connectivity index (χ3n) is 2.59. The van der Waals surface area contributed by atoms with E-state index in [1.54, 1.807) is 24.3 Å². The number of hydrogen-bond acceptors (Lipinski definition) is 4. The monoisotopic (exact) mass is 286 g/mol. The van der Waals surface area contributed by atoms with Crippen LogP contribution in [0.1, 0.15) is 19.4 Å². The van der Waals surface area contributed by atoms with E-state index in [1.807, 2.05) is 26.0 Å². The Hall–Kier alpha value is -2.61. The molecule has 0 spiro atoms. The Balaban J connectivity index is 2.83. The summed E-state index contributed by atoms with van der Waals surface area (Å²) in [5, 5.41) is 11.1. The number of ether oxygens (including phenoxy) is 1. The SMILES string of the molecule is CNC(=O)[C@@H](C#N)C(=O)/C=C/c1cccc(OC(C)C)c1. The lowest BCUT2D eigenvalue weighted by molar-refractivity contribution is -0.129. The molecule has 0 aliphatic heterocycles. The lowest BCUT2D eigenvalue weighted by Gasteiger charge is -2.09. The van der Waals surface area contributed by atoms with Gasteiger partial charge in [0.15, 0.2) is 11.7 Å². The van der Waals surface area contributed by atoms with E-state index in [9.17, 15) is 9.59 Å². The summed E-state index contributed by atoms with van der Waals surface area (Å²) >= 11 is 0. The molecule has 1 aromatic carbocycles. The fourth-order valence-electron chi connectivity index (χ4n) is 1.63. The van der Waals surface area contributed by atoms with Gasteiger partial charge in [0.25, 0.3) is 0 Å². The van der Waals surface area contributed by atoms with Crippen molar-refractivity contribution in [1.82, 2.24) is 5.32 Å². The summed E-state index contributed by atoms with van der Waals surface area (Å²) in [4.78, 5) is 23.2. The molecule has 1 aromatic rings. The van der Waals surface area contributed by atoms with Crippen LogP contribution in [0.4, 0.5) is 0 Å². The smallest absolute Gasteiger partial charge is 0.245 e. The van der Waals surface area contributed by atoms with Crippen molar-refractivity contribution >= 4 is 17.8 Å². The number of nitrogens with one attached hydrogen (secondary N) is 1. The Morgan fingerprint density at radius 2 is 2.10 bits per heavy atom.